The Morgan fingerprint density at radius 1 is 1.33 bits per heavy atom. The van der Waals surface area contributed by atoms with Crippen LogP contribution in [0.4, 0.5) is 0 Å². The van der Waals surface area contributed by atoms with E-state index in [1.165, 1.54) is 0 Å². The van der Waals surface area contributed by atoms with Crippen LogP contribution in [0.15, 0.2) is 30.3 Å². The predicted octanol–water partition coefficient (Wildman–Crippen LogP) is 3.27. The molecule has 1 heterocycles. The molecule has 1 aromatic carbocycles. The zero-order chi connectivity index (χ0) is 13.3. The van der Waals surface area contributed by atoms with Gasteiger partial charge in [-0.15, -0.1) is 23.2 Å². The van der Waals surface area contributed by atoms with Crippen molar-refractivity contribution in [1.82, 2.24) is 4.90 Å². The summed E-state index contributed by atoms with van der Waals surface area (Å²) in [6.45, 7) is 4.38. The molecule has 0 radical (unpaired) electrons. The van der Waals surface area contributed by atoms with Crippen LogP contribution in [0.2, 0.25) is 0 Å². The number of amides is 1. The van der Waals surface area contributed by atoms with Crippen LogP contribution < -0.4 is 0 Å². The molecule has 1 fully saturated rings. The molecule has 2 rings (SSSR count). The number of likely N-dealkylation sites (tertiary alicyclic amines) is 1. The summed E-state index contributed by atoms with van der Waals surface area (Å²) in [6, 6.07) is 10.0. The quantitative estimate of drug-likeness (QED) is 0.781. The van der Waals surface area contributed by atoms with Gasteiger partial charge >= 0.3 is 0 Å². The van der Waals surface area contributed by atoms with Gasteiger partial charge in [-0.1, -0.05) is 30.3 Å². The van der Waals surface area contributed by atoms with Crippen molar-refractivity contribution in [3.05, 3.63) is 35.9 Å². The molecule has 18 heavy (non-hydrogen) atoms. The Morgan fingerprint density at radius 3 is 2.44 bits per heavy atom. The van der Waals surface area contributed by atoms with Gasteiger partial charge in [-0.05, 0) is 19.4 Å². The lowest BCUT2D eigenvalue weighted by Gasteiger charge is -2.23. The number of halogens is 2. The summed E-state index contributed by atoms with van der Waals surface area (Å²) in [5.74, 6) is 0.362. The first-order valence-corrected chi connectivity index (χ1v) is 6.99. The molecule has 1 amide bonds. The van der Waals surface area contributed by atoms with Crippen molar-refractivity contribution in [3.63, 3.8) is 0 Å². The van der Waals surface area contributed by atoms with Gasteiger partial charge in [-0.25, -0.2) is 0 Å². The lowest BCUT2D eigenvalue weighted by Crippen LogP contribution is -2.35. The molecule has 0 N–H and O–H groups in total. The van der Waals surface area contributed by atoms with Crippen molar-refractivity contribution in [2.24, 2.45) is 5.92 Å². The van der Waals surface area contributed by atoms with E-state index in [4.69, 9.17) is 23.2 Å². The van der Waals surface area contributed by atoms with Crippen LogP contribution in [0.3, 0.4) is 0 Å². The van der Waals surface area contributed by atoms with Gasteiger partial charge in [0.15, 0.2) is 0 Å². The lowest BCUT2D eigenvalue weighted by atomic mass is 9.94. The van der Waals surface area contributed by atoms with Crippen molar-refractivity contribution < 1.29 is 4.79 Å². The van der Waals surface area contributed by atoms with E-state index in [0.29, 0.717) is 12.4 Å². The fourth-order valence-electron chi connectivity index (χ4n) is 2.56. The molecular weight excluding hydrogens is 269 g/mol. The number of benzene rings is 1. The highest BCUT2D eigenvalue weighted by Gasteiger charge is 2.53. The minimum absolute atomic E-state index is 0.0166. The van der Waals surface area contributed by atoms with Gasteiger partial charge in [0, 0.05) is 24.4 Å². The summed E-state index contributed by atoms with van der Waals surface area (Å²) in [6.07, 6.45) is 0. The Bertz CT molecular complexity index is 433. The summed E-state index contributed by atoms with van der Waals surface area (Å²) in [4.78, 5) is 13.3. The summed E-state index contributed by atoms with van der Waals surface area (Å²) < 4.78 is 0. The van der Waals surface area contributed by atoms with E-state index >= 15 is 0 Å². The maximum absolute atomic E-state index is 12.3. The maximum atomic E-state index is 12.3. The largest absolute Gasteiger partial charge is 0.334 e. The highest BCUT2D eigenvalue weighted by atomic mass is 35.5. The van der Waals surface area contributed by atoms with E-state index in [9.17, 15) is 4.79 Å². The molecule has 0 spiro atoms. The minimum atomic E-state index is -0.879. The van der Waals surface area contributed by atoms with Crippen molar-refractivity contribution >= 4 is 29.1 Å². The van der Waals surface area contributed by atoms with Gasteiger partial charge in [0.05, 0.1) is 0 Å². The molecule has 98 valence electrons. The molecule has 2 nitrogen and oxygen atoms in total. The van der Waals surface area contributed by atoms with Crippen molar-refractivity contribution in [2.45, 2.75) is 31.3 Å². The highest BCUT2D eigenvalue weighted by molar-refractivity contribution is 6.36. The second-order valence-corrected chi connectivity index (χ2v) is 6.09. The molecule has 0 aromatic heterocycles. The fourth-order valence-corrected chi connectivity index (χ4v) is 3.58. The summed E-state index contributed by atoms with van der Waals surface area (Å²) >= 11 is 12.3. The van der Waals surface area contributed by atoms with Crippen LogP contribution in [0, 0.1) is 5.92 Å². The number of nitrogens with zero attached hydrogens (tertiary/aromatic N) is 1. The smallest absolute Gasteiger partial charge is 0.244 e. The average Bonchev–Trinajstić information content (AvgIpc) is 2.51. The van der Waals surface area contributed by atoms with E-state index in [0.717, 1.165) is 5.56 Å². The first kappa shape index (κ1) is 13.7. The zero-order valence-electron chi connectivity index (χ0n) is 10.6. The first-order chi connectivity index (χ1) is 8.48. The average molecular weight is 286 g/mol. The first-order valence-electron chi connectivity index (χ1n) is 6.08. The van der Waals surface area contributed by atoms with E-state index in [1.54, 1.807) is 6.92 Å². The van der Waals surface area contributed by atoms with Gasteiger partial charge in [-0.3, -0.25) is 4.79 Å². The fraction of sp³-hybridized carbons (Fsp3) is 0.500. The molecule has 0 saturated carbocycles. The topological polar surface area (TPSA) is 20.3 Å². The van der Waals surface area contributed by atoms with Crippen LogP contribution in [-0.2, 0) is 11.3 Å². The maximum Gasteiger partial charge on any atom is 0.244 e. The second-order valence-electron chi connectivity index (χ2n) is 5.00. The predicted molar refractivity (Wildman–Crippen MR) is 74.9 cm³/mol. The highest BCUT2D eigenvalue weighted by Crippen LogP contribution is 2.40. The van der Waals surface area contributed by atoms with Crippen LogP contribution in [-0.4, -0.2) is 27.6 Å². The Kier molecular flexibility index (Phi) is 3.88. The van der Waals surface area contributed by atoms with Crippen LogP contribution in [0.5, 0.6) is 0 Å². The molecule has 3 atom stereocenters. The van der Waals surface area contributed by atoms with Gasteiger partial charge in [0.2, 0.25) is 5.91 Å². The van der Waals surface area contributed by atoms with Crippen molar-refractivity contribution in [3.8, 4) is 0 Å². The molecule has 1 aliphatic rings. The summed E-state index contributed by atoms with van der Waals surface area (Å²) in [5, 5.41) is 0. The molecule has 0 bridgehead atoms. The standard InChI is InChI=1S/C14H17Cl2NO/c1-10-12(8-15)14(2,16)13(18)17(10)9-11-6-4-3-5-7-11/h3-7,10,12H,8-9H2,1-2H3/t10-,12+,14?/m0/s1. The Morgan fingerprint density at radius 2 is 1.94 bits per heavy atom. The Hall–Kier alpha value is -0.730. The Labute approximate surface area is 118 Å². The summed E-state index contributed by atoms with van der Waals surface area (Å²) in [5.41, 5.74) is 1.11. The molecule has 1 unspecified atom stereocenters. The molecule has 0 aliphatic carbocycles. The molecule has 1 aliphatic heterocycles. The van der Waals surface area contributed by atoms with Crippen LogP contribution in [0.25, 0.3) is 0 Å². The third kappa shape index (κ3) is 2.24. The van der Waals surface area contributed by atoms with E-state index in [-0.39, 0.29) is 17.9 Å². The molecule has 1 saturated heterocycles. The normalized spacial score (nSPS) is 32.0. The van der Waals surface area contributed by atoms with Crippen LogP contribution in [0.1, 0.15) is 19.4 Å². The monoisotopic (exact) mass is 285 g/mol. The molecule has 4 heteroatoms. The summed E-state index contributed by atoms with van der Waals surface area (Å²) in [7, 11) is 0. The van der Waals surface area contributed by atoms with Gasteiger partial charge in [0.25, 0.3) is 0 Å². The van der Waals surface area contributed by atoms with E-state index in [1.807, 2.05) is 42.2 Å². The van der Waals surface area contributed by atoms with Crippen molar-refractivity contribution in [2.75, 3.05) is 5.88 Å². The second kappa shape index (κ2) is 5.10. The number of hydrogen-bond donors (Lipinski definition) is 0. The van der Waals surface area contributed by atoms with E-state index in [2.05, 4.69) is 0 Å². The van der Waals surface area contributed by atoms with Gasteiger partial charge < -0.3 is 4.90 Å². The van der Waals surface area contributed by atoms with Crippen molar-refractivity contribution in [1.29, 1.82) is 0 Å². The number of hydrogen-bond acceptors (Lipinski definition) is 1. The third-order valence-corrected chi connectivity index (χ3v) is 4.59. The third-order valence-electron chi connectivity index (χ3n) is 3.81. The van der Waals surface area contributed by atoms with Gasteiger partial charge in [0.1, 0.15) is 4.87 Å². The number of carbonyl (C=O) groups excluding carboxylic acids is 1. The molecule has 1 aromatic rings. The lowest BCUT2D eigenvalue weighted by molar-refractivity contribution is -0.131. The van der Waals surface area contributed by atoms with E-state index < -0.39 is 4.87 Å². The van der Waals surface area contributed by atoms with Crippen LogP contribution >= 0.6 is 23.2 Å². The number of alkyl halides is 2. The minimum Gasteiger partial charge on any atom is -0.334 e. The molecular formula is C14H17Cl2NO. The number of rotatable bonds is 3. The zero-order valence-corrected chi connectivity index (χ0v) is 12.1. The van der Waals surface area contributed by atoms with Gasteiger partial charge in [-0.2, -0.15) is 0 Å². The Balaban J connectivity index is 2.22. The SMILES string of the molecule is C[C@H]1[C@@H](CCl)C(C)(Cl)C(=O)N1Cc1ccccc1. The number of carbonyl (C=O) groups is 1.